The van der Waals surface area contributed by atoms with E-state index in [0.717, 1.165) is 37.2 Å². The van der Waals surface area contributed by atoms with Gasteiger partial charge in [0.25, 0.3) is 0 Å². The van der Waals surface area contributed by atoms with Crippen LogP contribution in [0.5, 0.6) is 11.5 Å². The number of hydrogen-bond donors (Lipinski definition) is 4. The fourth-order valence-corrected chi connectivity index (χ4v) is 3.33. The molecular formula is C19H31NO6. The molecule has 1 aromatic rings. The van der Waals surface area contributed by atoms with Gasteiger partial charge in [0, 0.05) is 6.54 Å². The van der Waals surface area contributed by atoms with Gasteiger partial charge >= 0.3 is 0 Å². The maximum atomic E-state index is 9.96. The third kappa shape index (κ3) is 5.56. The molecule has 4 atom stereocenters. The number of piperidine rings is 1. The van der Waals surface area contributed by atoms with E-state index in [-0.39, 0.29) is 13.2 Å². The number of benzene rings is 1. The number of methoxy groups -OCH3 is 1. The van der Waals surface area contributed by atoms with E-state index in [1.165, 1.54) is 0 Å². The molecule has 0 radical (unpaired) electrons. The van der Waals surface area contributed by atoms with Gasteiger partial charge in [0.05, 0.1) is 32.5 Å². The minimum absolute atomic E-state index is 0.238. The quantitative estimate of drug-likeness (QED) is 0.443. The Morgan fingerprint density at radius 1 is 1.00 bits per heavy atom. The van der Waals surface area contributed by atoms with E-state index in [9.17, 15) is 20.4 Å². The number of unbranched alkanes of at least 4 members (excludes halogenated alkanes) is 3. The van der Waals surface area contributed by atoms with Crippen LogP contribution in [0, 0.1) is 0 Å². The van der Waals surface area contributed by atoms with E-state index in [1.54, 1.807) is 7.11 Å². The zero-order valence-electron chi connectivity index (χ0n) is 15.3. The molecule has 0 spiro atoms. The molecule has 1 heterocycles. The topological polar surface area (TPSA) is 103 Å². The van der Waals surface area contributed by atoms with Crippen LogP contribution in [0.3, 0.4) is 0 Å². The van der Waals surface area contributed by atoms with Crippen LogP contribution in [-0.4, -0.2) is 83.1 Å². The first-order chi connectivity index (χ1) is 12.6. The molecule has 7 nitrogen and oxygen atoms in total. The summed E-state index contributed by atoms with van der Waals surface area (Å²) in [4.78, 5) is 1.85. The summed E-state index contributed by atoms with van der Waals surface area (Å²) in [5, 5.41) is 38.9. The molecule has 7 heteroatoms. The van der Waals surface area contributed by atoms with Crippen molar-refractivity contribution in [2.75, 3.05) is 33.4 Å². The number of β-amino-alcohol motifs (C(OH)–C–C–N with tert-alkyl or cyclic N) is 1. The molecule has 148 valence electrons. The van der Waals surface area contributed by atoms with Gasteiger partial charge in [-0.25, -0.2) is 0 Å². The van der Waals surface area contributed by atoms with Gasteiger partial charge in [0.2, 0.25) is 0 Å². The molecule has 0 amide bonds. The van der Waals surface area contributed by atoms with E-state index in [4.69, 9.17) is 9.47 Å². The van der Waals surface area contributed by atoms with Crippen LogP contribution in [-0.2, 0) is 0 Å². The van der Waals surface area contributed by atoms with Gasteiger partial charge in [-0.15, -0.1) is 0 Å². The predicted molar refractivity (Wildman–Crippen MR) is 97.4 cm³/mol. The number of aliphatic hydroxyl groups is 4. The van der Waals surface area contributed by atoms with Gasteiger partial charge in [-0.3, -0.25) is 4.90 Å². The zero-order valence-corrected chi connectivity index (χ0v) is 15.3. The summed E-state index contributed by atoms with van der Waals surface area (Å²) in [6.07, 6.45) is 0.487. The van der Waals surface area contributed by atoms with Gasteiger partial charge in [-0.1, -0.05) is 25.0 Å². The van der Waals surface area contributed by atoms with E-state index < -0.39 is 24.4 Å². The Morgan fingerprint density at radius 3 is 2.38 bits per heavy atom. The van der Waals surface area contributed by atoms with Crippen molar-refractivity contribution in [3.8, 4) is 11.5 Å². The Hall–Kier alpha value is -1.38. The van der Waals surface area contributed by atoms with Gasteiger partial charge in [0.1, 0.15) is 12.2 Å². The third-order valence-electron chi connectivity index (χ3n) is 4.88. The van der Waals surface area contributed by atoms with Gasteiger partial charge in [-0.05, 0) is 31.5 Å². The summed E-state index contributed by atoms with van der Waals surface area (Å²) in [6.45, 7) is 1.31. The van der Waals surface area contributed by atoms with Crippen molar-refractivity contribution in [1.29, 1.82) is 0 Å². The number of nitrogens with zero attached hydrogens (tertiary/aromatic N) is 1. The Balaban J connectivity index is 1.63. The molecule has 0 saturated carbocycles. The highest BCUT2D eigenvalue weighted by molar-refractivity contribution is 5.39. The van der Waals surface area contributed by atoms with Gasteiger partial charge < -0.3 is 29.9 Å². The number of aliphatic hydroxyl groups excluding tert-OH is 4. The standard InChI is InChI=1S/C19H31NO6/c1-25-16-8-4-5-9-17(16)26-11-7-3-2-6-10-20-12-15(22)19(24)18(23)14(20)13-21/h4-5,8-9,14-15,18-19,21-24H,2-3,6-7,10-13H2,1H3/t14-,15+,18-,19-/m1/s1. The molecular weight excluding hydrogens is 338 g/mol. The molecule has 1 fully saturated rings. The highest BCUT2D eigenvalue weighted by atomic mass is 16.5. The van der Waals surface area contributed by atoms with Crippen molar-refractivity contribution in [1.82, 2.24) is 4.90 Å². The normalized spacial score (nSPS) is 26.7. The van der Waals surface area contributed by atoms with Crippen LogP contribution >= 0.6 is 0 Å². The first-order valence-electron chi connectivity index (χ1n) is 9.23. The molecule has 0 unspecified atom stereocenters. The predicted octanol–water partition coefficient (Wildman–Crippen LogP) is 0.394. The fourth-order valence-electron chi connectivity index (χ4n) is 3.33. The number of likely N-dealkylation sites (tertiary alicyclic amines) is 1. The fraction of sp³-hybridized carbons (Fsp3) is 0.684. The molecule has 1 aromatic carbocycles. The Bertz CT molecular complexity index is 529. The number of para-hydroxylation sites is 2. The van der Waals surface area contributed by atoms with Crippen molar-refractivity contribution < 1.29 is 29.9 Å². The van der Waals surface area contributed by atoms with Crippen LogP contribution in [0.15, 0.2) is 24.3 Å². The third-order valence-corrected chi connectivity index (χ3v) is 4.88. The number of ether oxygens (including phenoxy) is 2. The molecule has 0 aromatic heterocycles. The second-order valence-corrected chi connectivity index (χ2v) is 6.71. The molecule has 0 aliphatic carbocycles. The Morgan fingerprint density at radius 2 is 1.69 bits per heavy atom. The summed E-state index contributed by atoms with van der Waals surface area (Å²) in [7, 11) is 1.62. The van der Waals surface area contributed by atoms with Crippen molar-refractivity contribution in [2.45, 2.75) is 50.0 Å². The Kier molecular flexibility index (Phi) is 8.61. The summed E-state index contributed by atoms with van der Waals surface area (Å²) < 4.78 is 11.0. The van der Waals surface area contributed by atoms with Crippen molar-refractivity contribution in [2.24, 2.45) is 0 Å². The average Bonchev–Trinajstić information content (AvgIpc) is 2.66. The first kappa shape index (κ1) is 20.9. The van der Waals surface area contributed by atoms with Crippen LogP contribution in [0.25, 0.3) is 0 Å². The lowest BCUT2D eigenvalue weighted by molar-refractivity contribution is -0.145. The van der Waals surface area contributed by atoms with E-state index in [0.29, 0.717) is 13.2 Å². The summed E-state index contributed by atoms with van der Waals surface area (Å²) in [5.74, 6) is 1.47. The number of hydrogen-bond acceptors (Lipinski definition) is 7. The minimum atomic E-state index is -1.20. The van der Waals surface area contributed by atoms with E-state index in [2.05, 4.69) is 0 Å². The molecule has 1 aliphatic rings. The van der Waals surface area contributed by atoms with E-state index >= 15 is 0 Å². The van der Waals surface area contributed by atoms with Crippen LogP contribution in [0.2, 0.25) is 0 Å². The maximum absolute atomic E-state index is 9.96. The maximum Gasteiger partial charge on any atom is 0.161 e. The second kappa shape index (κ2) is 10.7. The Labute approximate surface area is 154 Å². The highest BCUT2D eigenvalue weighted by Gasteiger charge is 2.40. The van der Waals surface area contributed by atoms with Crippen LogP contribution in [0.4, 0.5) is 0 Å². The second-order valence-electron chi connectivity index (χ2n) is 6.71. The first-order valence-corrected chi connectivity index (χ1v) is 9.23. The molecule has 26 heavy (non-hydrogen) atoms. The molecule has 1 saturated heterocycles. The monoisotopic (exact) mass is 369 g/mol. The zero-order chi connectivity index (χ0) is 18.9. The lowest BCUT2D eigenvalue weighted by Crippen LogP contribution is -2.62. The highest BCUT2D eigenvalue weighted by Crippen LogP contribution is 2.26. The van der Waals surface area contributed by atoms with Crippen molar-refractivity contribution in [3.63, 3.8) is 0 Å². The summed E-state index contributed by atoms with van der Waals surface area (Å²) in [5.41, 5.74) is 0. The molecule has 4 N–H and O–H groups in total. The molecule has 2 rings (SSSR count). The van der Waals surface area contributed by atoms with Crippen molar-refractivity contribution >= 4 is 0 Å². The summed E-state index contributed by atoms with van der Waals surface area (Å²) in [6, 6.07) is 7.04. The largest absolute Gasteiger partial charge is 0.493 e. The van der Waals surface area contributed by atoms with Crippen LogP contribution < -0.4 is 9.47 Å². The van der Waals surface area contributed by atoms with Gasteiger partial charge in [0.15, 0.2) is 11.5 Å². The van der Waals surface area contributed by atoms with Crippen LogP contribution in [0.1, 0.15) is 25.7 Å². The van der Waals surface area contributed by atoms with Gasteiger partial charge in [-0.2, -0.15) is 0 Å². The lowest BCUT2D eigenvalue weighted by Gasteiger charge is -2.43. The minimum Gasteiger partial charge on any atom is -0.493 e. The SMILES string of the molecule is COc1ccccc1OCCCCCCN1C[C@H](O)[C@@H](O)[C@H](O)[C@H]1CO. The summed E-state index contributed by atoms with van der Waals surface area (Å²) >= 11 is 0. The molecule has 1 aliphatic heterocycles. The smallest absolute Gasteiger partial charge is 0.161 e. The average molecular weight is 369 g/mol. The number of rotatable bonds is 10. The van der Waals surface area contributed by atoms with E-state index in [1.807, 2.05) is 29.2 Å². The van der Waals surface area contributed by atoms with Crippen molar-refractivity contribution in [3.05, 3.63) is 24.3 Å². The lowest BCUT2D eigenvalue weighted by atomic mass is 9.94. The molecule has 0 bridgehead atoms.